The second kappa shape index (κ2) is 6.84. The van der Waals surface area contributed by atoms with Gasteiger partial charge in [-0.3, -0.25) is 0 Å². The molecule has 94 valence electrons. The molecule has 0 radical (unpaired) electrons. The summed E-state index contributed by atoms with van der Waals surface area (Å²) in [7, 11) is 1.50. The Morgan fingerprint density at radius 2 is 2.00 bits per heavy atom. The summed E-state index contributed by atoms with van der Waals surface area (Å²) in [6, 6.07) is 6.23. The van der Waals surface area contributed by atoms with Gasteiger partial charge in [-0.2, -0.15) is 0 Å². The zero-order chi connectivity index (χ0) is 12.8. The molecule has 1 saturated carbocycles. The Bertz CT molecular complexity index is 382. The van der Waals surface area contributed by atoms with Gasteiger partial charge in [0.15, 0.2) is 0 Å². The lowest BCUT2D eigenvalue weighted by molar-refractivity contribution is 0.812. The first-order valence-corrected chi connectivity index (χ1v) is 6.46. The maximum atomic E-state index is 5.94. The van der Waals surface area contributed by atoms with Crippen LogP contribution in [0.5, 0.6) is 0 Å². The van der Waals surface area contributed by atoms with Gasteiger partial charge in [0.1, 0.15) is 0 Å². The van der Waals surface area contributed by atoms with E-state index in [2.05, 4.69) is 42.6 Å². The number of benzene rings is 1. The minimum absolute atomic E-state index is 0.0657. The monoisotopic (exact) mass is 250 g/mol. The number of allylic oxidation sites excluding steroid dienone is 1. The van der Waals surface area contributed by atoms with Crippen molar-refractivity contribution in [3.63, 3.8) is 0 Å². The van der Waals surface area contributed by atoms with E-state index in [0.717, 1.165) is 10.8 Å². The van der Waals surface area contributed by atoms with Gasteiger partial charge in [0.05, 0.1) is 0 Å². The van der Waals surface area contributed by atoms with E-state index >= 15 is 0 Å². The quantitative estimate of drug-likeness (QED) is 0.722. The van der Waals surface area contributed by atoms with Crippen LogP contribution in [0.3, 0.4) is 0 Å². The topological polar surface area (TPSA) is 52.0 Å². The predicted octanol–water partition coefficient (Wildman–Crippen LogP) is 2.99. The molecule has 1 aromatic carbocycles. The molecule has 0 aliphatic heterocycles. The van der Waals surface area contributed by atoms with Crippen LogP contribution < -0.4 is 11.5 Å². The lowest BCUT2D eigenvalue weighted by atomic mass is 10.0. The second-order valence-corrected chi connectivity index (χ2v) is 4.81. The Hall–Kier alpha value is -0.770. The minimum atomic E-state index is 0.0657. The van der Waals surface area contributed by atoms with Crippen molar-refractivity contribution < 1.29 is 0 Å². The first-order valence-electron chi connectivity index (χ1n) is 6.01. The zero-order valence-electron chi connectivity index (χ0n) is 10.6. The fourth-order valence-corrected chi connectivity index (χ4v) is 1.85. The summed E-state index contributed by atoms with van der Waals surface area (Å²) in [6.45, 7) is 2.01. The first-order chi connectivity index (χ1) is 8.16. The smallest absolute Gasteiger partial charge is 0.0272 e. The minimum Gasteiger partial charge on any atom is -0.333 e. The lowest BCUT2D eigenvalue weighted by Gasteiger charge is -2.10. The van der Waals surface area contributed by atoms with Crippen molar-refractivity contribution in [2.24, 2.45) is 17.4 Å². The van der Waals surface area contributed by atoms with Crippen LogP contribution in [0.2, 0.25) is 0 Å². The fraction of sp³-hybridized carbons (Fsp3) is 0.429. The van der Waals surface area contributed by atoms with Gasteiger partial charge >= 0.3 is 0 Å². The predicted molar refractivity (Wildman–Crippen MR) is 78.2 cm³/mol. The molecule has 17 heavy (non-hydrogen) atoms. The Balaban J connectivity index is 0.000000686. The molecule has 1 aliphatic carbocycles. The summed E-state index contributed by atoms with van der Waals surface area (Å²) in [4.78, 5) is 0.978. The summed E-state index contributed by atoms with van der Waals surface area (Å²) in [6.07, 6.45) is 7.17. The van der Waals surface area contributed by atoms with Crippen molar-refractivity contribution in [2.75, 3.05) is 7.05 Å². The molecule has 1 fully saturated rings. The van der Waals surface area contributed by atoms with Crippen molar-refractivity contribution in [1.29, 1.82) is 0 Å². The number of thiol groups is 1. The molecule has 1 aliphatic rings. The van der Waals surface area contributed by atoms with Gasteiger partial charge in [0.2, 0.25) is 0 Å². The molecule has 1 atom stereocenters. The van der Waals surface area contributed by atoms with Gasteiger partial charge in [0, 0.05) is 10.9 Å². The molecule has 0 aromatic heterocycles. The summed E-state index contributed by atoms with van der Waals surface area (Å²) >= 11 is 4.34. The molecule has 2 nitrogen and oxygen atoms in total. The summed E-state index contributed by atoms with van der Waals surface area (Å²) < 4.78 is 0. The van der Waals surface area contributed by atoms with E-state index in [4.69, 9.17) is 5.73 Å². The Kier molecular flexibility index (Phi) is 5.75. The highest BCUT2D eigenvalue weighted by atomic mass is 32.1. The van der Waals surface area contributed by atoms with Crippen molar-refractivity contribution in [3.8, 4) is 0 Å². The third kappa shape index (κ3) is 4.54. The molecule has 1 unspecified atom stereocenters. The van der Waals surface area contributed by atoms with Crippen molar-refractivity contribution in [1.82, 2.24) is 0 Å². The molecule has 1 aromatic rings. The Labute approximate surface area is 109 Å². The molecular formula is C14H22N2S. The Morgan fingerprint density at radius 3 is 2.53 bits per heavy atom. The Morgan fingerprint density at radius 1 is 1.35 bits per heavy atom. The molecule has 4 N–H and O–H groups in total. The van der Waals surface area contributed by atoms with Crippen molar-refractivity contribution in [3.05, 3.63) is 35.4 Å². The lowest BCUT2D eigenvalue weighted by Crippen LogP contribution is -2.06. The van der Waals surface area contributed by atoms with E-state index in [9.17, 15) is 0 Å². The highest BCUT2D eigenvalue weighted by Gasteiger charge is 2.17. The largest absolute Gasteiger partial charge is 0.333 e. The van der Waals surface area contributed by atoms with Gasteiger partial charge in [-0.05, 0) is 56.0 Å². The van der Waals surface area contributed by atoms with Gasteiger partial charge in [-0.15, -0.1) is 12.6 Å². The zero-order valence-corrected chi connectivity index (χ0v) is 11.5. The van der Waals surface area contributed by atoms with E-state index in [1.54, 1.807) is 0 Å². The molecule has 0 saturated heterocycles. The van der Waals surface area contributed by atoms with Crippen LogP contribution in [-0.2, 0) is 0 Å². The van der Waals surface area contributed by atoms with Crippen LogP contribution in [0.25, 0.3) is 6.08 Å². The average Bonchev–Trinajstić information content (AvgIpc) is 3.14. The molecule has 0 amide bonds. The van der Waals surface area contributed by atoms with Crippen LogP contribution in [0, 0.1) is 5.92 Å². The maximum Gasteiger partial charge on any atom is 0.0272 e. The van der Waals surface area contributed by atoms with Gasteiger partial charge in [-0.1, -0.05) is 18.2 Å². The number of hydrogen-bond donors (Lipinski definition) is 3. The molecule has 2 rings (SSSR count). The van der Waals surface area contributed by atoms with Crippen molar-refractivity contribution in [2.45, 2.75) is 30.7 Å². The first kappa shape index (κ1) is 14.3. The third-order valence-corrected chi connectivity index (χ3v) is 3.01. The van der Waals surface area contributed by atoms with Gasteiger partial charge in [-0.25, -0.2) is 0 Å². The van der Waals surface area contributed by atoms with Crippen LogP contribution in [-0.4, -0.2) is 7.05 Å². The third-order valence-electron chi connectivity index (χ3n) is 2.73. The van der Waals surface area contributed by atoms with Crippen LogP contribution in [0.1, 0.15) is 36.9 Å². The van der Waals surface area contributed by atoms with E-state index < -0.39 is 0 Å². The summed E-state index contributed by atoms with van der Waals surface area (Å²) in [5, 5.41) is 0. The molecular weight excluding hydrogens is 228 g/mol. The van der Waals surface area contributed by atoms with Gasteiger partial charge in [0.25, 0.3) is 0 Å². The number of nitrogens with two attached hydrogens (primary N) is 2. The summed E-state index contributed by atoms with van der Waals surface area (Å²) in [5.41, 5.74) is 12.8. The van der Waals surface area contributed by atoms with Crippen LogP contribution in [0.4, 0.5) is 0 Å². The highest BCUT2D eigenvalue weighted by molar-refractivity contribution is 7.80. The average molecular weight is 250 g/mol. The van der Waals surface area contributed by atoms with Gasteiger partial charge < -0.3 is 11.5 Å². The van der Waals surface area contributed by atoms with E-state index in [1.165, 1.54) is 31.0 Å². The normalized spacial score (nSPS) is 16.5. The highest BCUT2D eigenvalue weighted by Crippen LogP contribution is 2.31. The number of rotatable bonds is 3. The SMILES string of the molecule is CC(N)c1cc(S)ccc1/C=C/C1CC1.CN. The van der Waals surface area contributed by atoms with Crippen LogP contribution in [0.15, 0.2) is 29.2 Å². The van der Waals surface area contributed by atoms with E-state index in [0.29, 0.717) is 0 Å². The fourth-order valence-electron chi connectivity index (χ4n) is 1.64. The molecule has 0 heterocycles. The second-order valence-electron chi connectivity index (χ2n) is 4.30. The van der Waals surface area contributed by atoms with Crippen molar-refractivity contribution >= 4 is 18.7 Å². The standard InChI is InChI=1S/C13H17NS.CH5N/c1-9(14)13-8-12(15)7-6-11(13)5-4-10-2-3-10;1-2/h4-10,15H,2-3,14H2,1H3;2H2,1H3/b5-4+;. The van der Waals surface area contributed by atoms with E-state index in [-0.39, 0.29) is 6.04 Å². The summed E-state index contributed by atoms with van der Waals surface area (Å²) in [5.74, 6) is 0.807. The van der Waals surface area contributed by atoms with Crippen LogP contribution >= 0.6 is 12.6 Å². The van der Waals surface area contributed by atoms with E-state index in [1.807, 2.05) is 13.0 Å². The maximum absolute atomic E-state index is 5.94. The number of hydrogen-bond acceptors (Lipinski definition) is 3. The molecule has 3 heteroatoms. The molecule has 0 bridgehead atoms. The molecule has 0 spiro atoms.